The summed E-state index contributed by atoms with van der Waals surface area (Å²) in [6.07, 6.45) is 8.69. The highest BCUT2D eigenvalue weighted by molar-refractivity contribution is 5.54. The van der Waals surface area contributed by atoms with Gasteiger partial charge in [-0.25, -0.2) is 4.98 Å². The van der Waals surface area contributed by atoms with Gasteiger partial charge >= 0.3 is 0 Å². The van der Waals surface area contributed by atoms with E-state index in [0.717, 1.165) is 30.6 Å². The molecule has 20 heavy (non-hydrogen) atoms. The molecule has 3 heterocycles. The third kappa shape index (κ3) is 1.65. The van der Waals surface area contributed by atoms with E-state index >= 15 is 0 Å². The van der Waals surface area contributed by atoms with Gasteiger partial charge in [0.25, 0.3) is 5.78 Å². The Bertz CT molecular complexity index is 671. The molecule has 2 unspecified atom stereocenters. The molecule has 1 saturated heterocycles. The summed E-state index contributed by atoms with van der Waals surface area (Å²) in [4.78, 5) is 11.2. The first-order chi connectivity index (χ1) is 9.74. The van der Waals surface area contributed by atoms with E-state index in [2.05, 4.69) is 46.0 Å². The lowest BCUT2D eigenvalue weighted by atomic mass is 9.86. The smallest absolute Gasteiger partial charge is 0.254 e. The Balaban J connectivity index is 1.79. The molecule has 1 fully saturated rings. The second kappa shape index (κ2) is 4.30. The van der Waals surface area contributed by atoms with Crippen LogP contribution in [0.5, 0.6) is 0 Å². The van der Waals surface area contributed by atoms with Gasteiger partial charge in [0.1, 0.15) is 12.1 Å². The Hall–Kier alpha value is -1.91. The highest BCUT2D eigenvalue weighted by Crippen LogP contribution is 2.36. The fraction of sp³-hybridized carbons (Fsp3) is 0.533. The zero-order valence-electron chi connectivity index (χ0n) is 12.0. The number of aromatic nitrogens is 4. The van der Waals surface area contributed by atoms with Crippen molar-refractivity contribution in [1.82, 2.24) is 19.6 Å². The summed E-state index contributed by atoms with van der Waals surface area (Å²) in [6, 6.07) is 0. The first kappa shape index (κ1) is 11.9. The Labute approximate surface area is 118 Å². The summed E-state index contributed by atoms with van der Waals surface area (Å²) in [5.41, 5.74) is 2.27. The molecule has 2 aromatic heterocycles. The van der Waals surface area contributed by atoms with Crippen molar-refractivity contribution in [2.24, 2.45) is 11.8 Å². The van der Waals surface area contributed by atoms with Crippen LogP contribution < -0.4 is 4.90 Å². The van der Waals surface area contributed by atoms with Crippen LogP contribution in [0.25, 0.3) is 5.78 Å². The van der Waals surface area contributed by atoms with Gasteiger partial charge in [-0.15, -0.1) is 0 Å². The van der Waals surface area contributed by atoms with Crippen LogP contribution in [0, 0.1) is 25.7 Å². The quantitative estimate of drug-likeness (QED) is 0.744. The largest absolute Gasteiger partial charge is 0.356 e. The highest BCUT2D eigenvalue weighted by atomic mass is 15.4. The summed E-state index contributed by atoms with van der Waals surface area (Å²) >= 11 is 0. The lowest BCUT2D eigenvalue weighted by Crippen LogP contribution is -2.24. The third-order valence-electron chi connectivity index (χ3n) is 4.80. The first-order valence-electron chi connectivity index (χ1n) is 7.31. The summed E-state index contributed by atoms with van der Waals surface area (Å²) in [5, 5.41) is 4.37. The maximum absolute atomic E-state index is 4.51. The predicted octanol–water partition coefficient (Wildman–Crippen LogP) is 2.14. The van der Waals surface area contributed by atoms with Crippen molar-refractivity contribution in [3.63, 3.8) is 0 Å². The molecule has 5 nitrogen and oxygen atoms in total. The summed E-state index contributed by atoms with van der Waals surface area (Å²) < 4.78 is 1.90. The van der Waals surface area contributed by atoms with Crippen LogP contribution in [0.3, 0.4) is 0 Å². The molecule has 0 spiro atoms. The fourth-order valence-electron chi connectivity index (χ4n) is 3.57. The van der Waals surface area contributed by atoms with Gasteiger partial charge in [-0.2, -0.15) is 14.6 Å². The minimum atomic E-state index is 0.705. The van der Waals surface area contributed by atoms with Crippen LogP contribution in [0.4, 0.5) is 5.82 Å². The molecule has 0 amide bonds. The van der Waals surface area contributed by atoms with E-state index in [1.54, 1.807) is 6.33 Å². The Morgan fingerprint density at radius 3 is 2.50 bits per heavy atom. The van der Waals surface area contributed by atoms with Crippen LogP contribution in [0.1, 0.15) is 24.1 Å². The number of aryl methyl sites for hydroxylation is 1. The molecule has 0 N–H and O–H groups in total. The van der Waals surface area contributed by atoms with Crippen LogP contribution in [0.15, 0.2) is 18.5 Å². The first-order valence-corrected chi connectivity index (χ1v) is 7.31. The third-order valence-corrected chi connectivity index (χ3v) is 4.80. The van der Waals surface area contributed by atoms with E-state index in [-0.39, 0.29) is 0 Å². The van der Waals surface area contributed by atoms with Crippen molar-refractivity contribution in [2.45, 2.75) is 26.7 Å². The van der Waals surface area contributed by atoms with Crippen LogP contribution in [-0.2, 0) is 0 Å². The number of hydrogen-bond acceptors (Lipinski definition) is 4. The highest BCUT2D eigenvalue weighted by Gasteiger charge is 2.34. The van der Waals surface area contributed by atoms with Gasteiger partial charge in [0.15, 0.2) is 0 Å². The molecular formula is C15H19N5. The number of fused-ring (bicyclic) bond motifs is 2. The van der Waals surface area contributed by atoms with Gasteiger partial charge in [0, 0.05) is 24.3 Å². The number of allylic oxidation sites excluding steroid dienone is 2. The average molecular weight is 269 g/mol. The van der Waals surface area contributed by atoms with Crippen LogP contribution in [-0.4, -0.2) is 32.7 Å². The van der Waals surface area contributed by atoms with Crippen molar-refractivity contribution < 1.29 is 0 Å². The van der Waals surface area contributed by atoms with Gasteiger partial charge in [-0.1, -0.05) is 12.2 Å². The van der Waals surface area contributed by atoms with Crippen molar-refractivity contribution in [3.05, 3.63) is 29.7 Å². The molecule has 0 saturated carbocycles. The lowest BCUT2D eigenvalue weighted by Gasteiger charge is -2.22. The van der Waals surface area contributed by atoms with Crippen molar-refractivity contribution >= 4 is 11.6 Å². The molecule has 1 aliphatic heterocycles. The van der Waals surface area contributed by atoms with E-state index < -0.39 is 0 Å². The second-order valence-corrected chi connectivity index (χ2v) is 5.99. The molecule has 2 atom stereocenters. The van der Waals surface area contributed by atoms with E-state index in [9.17, 15) is 0 Å². The minimum Gasteiger partial charge on any atom is -0.356 e. The van der Waals surface area contributed by atoms with E-state index in [0.29, 0.717) is 5.78 Å². The Kier molecular flexibility index (Phi) is 2.55. The van der Waals surface area contributed by atoms with Crippen molar-refractivity contribution in [1.29, 1.82) is 0 Å². The number of anilines is 1. The van der Waals surface area contributed by atoms with Gasteiger partial charge in [0.2, 0.25) is 0 Å². The molecule has 2 aromatic rings. The van der Waals surface area contributed by atoms with Crippen LogP contribution in [0.2, 0.25) is 0 Å². The van der Waals surface area contributed by atoms with Gasteiger partial charge in [-0.05, 0) is 38.5 Å². The van der Waals surface area contributed by atoms with E-state index in [4.69, 9.17) is 0 Å². The molecule has 1 aliphatic carbocycles. The topological polar surface area (TPSA) is 46.3 Å². The Morgan fingerprint density at radius 1 is 1.10 bits per heavy atom. The van der Waals surface area contributed by atoms with E-state index in [1.807, 2.05) is 4.52 Å². The molecule has 4 rings (SSSR count). The van der Waals surface area contributed by atoms with Gasteiger partial charge in [-0.3, -0.25) is 0 Å². The maximum atomic E-state index is 4.51. The number of hydrogen-bond donors (Lipinski definition) is 0. The summed E-state index contributed by atoms with van der Waals surface area (Å²) in [6.45, 7) is 6.43. The molecular weight excluding hydrogens is 250 g/mol. The molecule has 2 aliphatic rings. The number of nitrogens with zero attached hydrogens (tertiary/aromatic N) is 5. The van der Waals surface area contributed by atoms with E-state index in [1.165, 1.54) is 24.2 Å². The zero-order valence-corrected chi connectivity index (χ0v) is 12.0. The maximum Gasteiger partial charge on any atom is 0.254 e. The predicted molar refractivity (Wildman–Crippen MR) is 77.8 cm³/mol. The number of rotatable bonds is 1. The normalized spacial score (nSPS) is 25.4. The standard InChI is InChI=1S/C15H19N5/c1-10-11(2)18-15-16-9-17-20(15)14(10)19-7-12-5-3-4-6-13(12)8-19/h3-4,9,12-13H,5-8H2,1-2H3. The second-order valence-electron chi connectivity index (χ2n) is 5.99. The Morgan fingerprint density at radius 2 is 1.80 bits per heavy atom. The van der Waals surface area contributed by atoms with Crippen molar-refractivity contribution in [2.75, 3.05) is 18.0 Å². The average Bonchev–Trinajstić information content (AvgIpc) is 3.05. The van der Waals surface area contributed by atoms with Crippen LogP contribution >= 0.6 is 0 Å². The molecule has 0 bridgehead atoms. The monoisotopic (exact) mass is 269 g/mol. The minimum absolute atomic E-state index is 0.705. The van der Waals surface area contributed by atoms with Gasteiger partial charge < -0.3 is 4.90 Å². The van der Waals surface area contributed by atoms with Gasteiger partial charge in [0.05, 0.1) is 0 Å². The molecule has 5 heteroatoms. The summed E-state index contributed by atoms with van der Waals surface area (Å²) in [7, 11) is 0. The summed E-state index contributed by atoms with van der Waals surface area (Å²) in [5.74, 6) is 3.45. The lowest BCUT2D eigenvalue weighted by molar-refractivity contribution is 0.411. The fourth-order valence-corrected chi connectivity index (χ4v) is 3.57. The molecule has 0 aromatic carbocycles. The molecule has 0 radical (unpaired) electrons. The molecule has 104 valence electrons. The zero-order chi connectivity index (χ0) is 13.7. The SMILES string of the molecule is Cc1nc2ncnn2c(N2CC3CC=CCC3C2)c1C. The van der Waals surface area contributed by atoms with Crippen molar-refractivity contribution in [3.8, 4) is 0 Å².